The first-order valence-corrected chi connectivity index (χ1v) is 14.5. The maximum atomic E-state index is 6.54. The third-order valence-corrected chi connectivity index (χ3v) is 8.80. The number of aromatic nitrogens is 2. The standard InChI is InChI=1S/C39H22N2O2/c1-2-10-25-23(9-1)17-19-29-27-12-5-7-15-33(27)41(38(25)29)24-18-20-34-31(21-24)37-28-13-4-3-11-26(28)30(22-36(37)42-34)39-40-32-14-6-8-16-35(32)43-39/h1-22H. The van der Waals surface area contributed by atoms with Crippen LogP contribution in [0.2, 0.25) is 0 Å². The molecule has 3 aromatic heterocycles. The van der Waals surface area contributed by atoms with Crippen LogP contribution in [-0.4, -0.2) is 9.55 Å². The van der Waals surface area contributed by atoms with E-state index in [2.05, 4.69) is 114 Å². The molecule has 0 aliphatic rings. The summed E-state index contributed by atoms with van der Waals surface area (Å²) in [6.45, 7) is 0. The zero-order chi connectivity index (χ0) is 28.1. The van der Waals surface area contributed by atoms with Crippen LogP contribution in [0, 0.1) is 0 Å². The Morgan fingerprint density at radius 3 is 2.16 bits per heavy atom. The van der Waals surface area contributed by atoms with Crippen molar-refractivity contribution in [2.75, 3.05) is 0 Å². The van der Waals surface area contributed by atoms with Gasteiger partial charge in [0, 0.05) is 38.2 Å². The summed E-state index contributed by atoms with van der Waals surface area (Å²) >= 11 is 0. The Bertz CT molecular complexity index is 2710. The summed E-state index contributed by atoms with van der Waals surface area (Å²) in [5, 5.41) is 9.33. The van der Waals surface area contributed by atoms with Crippen LogP contribution in [0.1, 0.15) is 0 Å². The van der Waals surface area contributed by atoms with E-state index in [1.165, 1.54) is 32.6 Å². The summed E-state index contributed by atoms with van der Waals surface area (Å²) < 4.78 is 15.2. The molecule has 43 heavy (non-hydrogen) atoms. The van der Waals surface area contributed by atoms with Crippen LogP contribution in [0.3, 0.4) is 0 Å². The van der Waals surface area contributed by atoms with Gasteiger partial charge in [0.15, 0.2) is 5.58 Å². The number of benzene rings is 7. The fourth-order valence-electron chi connectivity index (χ4n) is 6.93. The second-order valence-electron chi connectivity index (χ2n) is 11.1. The third-order valence-electron chi connectivity index (χ3n) is 8.80. The molecular formula is C39H22N2O2. The van der Waals surface area contributed by atoms with Gasteiger partial charge in [0.05, 0.1) is 11.0 Å². The van der Waals surface area contributed by atoms with Crippen LogP contribution in [0.15, 0.2) is 142 Å². The topological polar surface area (TPSA) is 44.1 Å². The quantitative estimate of drug-likeness (QED) is 0.215. The fourth-order valence-corrected chi connectivity index (χ4v) is 6.93. The molecule has 0 saturated carbocycles. The molecule has 4 nitrogen and oxygen atoms in total. The minimum atomic E-state index is 0.595. The largest absolute Gasteiger partial charge is 0.456 e. The molecule has 7 aromatic carbocycles. The highest BCUT2D eigenvalue weighted by molar-refractivity contribution is 6.23. The number of furan rings is 1. The van der Waals surface area contributed by atoms with Gasteiger partial charge in [-0.25, -0.2) is 4.98 Å². The molecule has 0 spiro atoms. The van der Waals surface area contributed by atoms with Crippen molar-refractivity contribution in [3.8, 4) is 17.1 Å². The zero-order valence-corrected chi connectivity index (χ0v) is 22.9. The molecule has 10 rings (SSSR count). The molecule has 0 saturated heterocycles. The Kier molecular flexibility index (Phi) is 4.42. The Hall–Kier alpha value is -5.87. The molecule has 200 valence electrons. The van der Waals surface area contributed by atoms with Crippen LogP contribution in [0.5, 0.6) is 0 Å². The highest BCUT2D eigenvalue weighted by Crippen LogP contribution is 2.42. The normalized spacial score (nSPS) is 12.2. The molecule has 0 fully saturated rings. The van der Waals surface area contributed by atoms with Crippen LogP contribution < -0.4 is 0 Å². The molecule has 0 radical (unpaired) electrons. The van der Waals surface area contributed by atoms with Crippen molar-refractivity contribution >= 4 is 76.4 Å². The number of fused-ring (bicyclic) bond motifs is 11. The second-order valence-corrected chi connectivity index (χ2v) is 11.1. The summed E-state index contributed by atoms with van der Waals surface area (Å²) in [7, 11) is 0. The molecule has 0 N–H and O–H groups in total. The predicted molar refractivity (Wildman–Crippen MR) is 176 cm³/mol. The van der Waals surface area contributed by atoms with Gasteiger partial charge in [-0.05, 0) is 58.6 Å². The average Bonchev–Trinajstić information content (AvgIpc) is 3.75. The number of rotatable bonds is 2. The van der Waals surface area contributed by atoms with E-state index in [0.29, 0.717) is 5.89 Å². The maximum absolute atomic E-state index is 6.54. The van der Waals surface area contributed by atoms with Gasteiger partial charge in [0.2, 0.25) is 5.89 Å². The molecule has 10 aromatic rings. The molecule has 0 atom stereocenters. The molecule has 4 heteroatoms. The Morgan fingerprint density at radius 2 is 1.26 bits per heavy atom. The van der Waals surface area contributed by atoms with Crippen LogP contribution in [-0.2, 0) is 0 Å². The SMILES string of the molecule is c1ccc2c(c1)ccc1c3ccccc3n(-c3ccc4oc5cc(-c6nc7ccccc7o6)c6ccccc6c5c4c3)c21. The van der Waals surface area contributed by atoms with E-state index in [1.54, 1.807) is 0 Å². The smallest absolute Gasteiger partial charge is 0.228 e. The predicted octanol–water partition coefficient (Wildman–Crippen LogP) is 10.8. The van der Waals surface area contributed by atoms with Gasteiger partial charge in [-0.3, -0.25) is 0 Å². The number of hydrogen-bond acceptors (Lipinski definition) is 3. The van der Waals surface area contributed by atoms with E-state index in [0.717, 1.165) is 55.1 Å². The Labute approximate surface area is 245 Å². The van der Waals surface area contributed by atoms with Gasteiger partial charge >= 0.3 is 0 Å². The van der Waals surface area contributed by atoms with Crippen molar-refractivity contribution in [3.05, 3.63) is 133 Å². The molecule has 0 aliphatic heterocycles. The molecule has 0 bridgehead atoms. The van der Waals surface area contributed by atoms with Gasteiger partial charge < -0.3 is 13.4 Å². The lowest BCUT2D eigenvalue weighted by Crippen LogP contribution is -1.94. The van der Waals surface area contributed by atoms with E-state index in [9.17, 15) is 0 Å². The van der Waals surface area contributed by atoms with Crippen molar-refractivity contribution in [1.82, 2.24) is 9.55 Å². The lowest BCUT2D eigenvalue weighted by Gasteiger charge is -2.10. The molecule has 0 aliphatic carbocycles. The monoisotopic (exact) mass is 550 g/mol. The first-order valence-electron chi connectivity index (χ1n) is 14.5. The van der Waals surface area contributed by atoms with E-state index >= 15 is 0 Å². The van der Waals surface area contributed by atoms with Gasteiger partial charge in [-0.2, -0.15) is 0 Å². The lowest BCUT2D eigenvalue weighted by molar-refractivity contribution is 0.620. The van der Waals surface area contributed by atoms with Gasteiger partial charge in [-0.15, -0.1) is 0 Å². The van der Waals surface area contributed by atoms with Crippen molar-refractivity contribution in [1.29, 1.82) is 0 Å². The van der Waals surface area contributed by atoms with Crippen LogP contribution in [0.4, 0.5) is 0 Å². The second kappa shape index (κ2) is 8.34. The van der Waals surface area contributed by atoms with Crippen molar-refractivity contribution in [3.63, 3.8) is 0 Å². The molecule has 0 amide bonds. The van der Waals surface area contributed by atoms with E-state index in [1.807, 2.05) is 24.3 Å². The van der Waals surface area contributed by atoms with E-state index in [4.69, 9.17) is 13.8 Å². The van der Waals surface area contributed by atoms with Crippen LogP contribution >= 0.6 is 0 Å². The minimum absolute atomic E-state index is 0.595. The fraction of sp³-hybridized carbons (Fsp3) is 0. The Morgan fingerprint density at radius 1 is 0.488 bits per heavy atom. The highest BCUT2D eigenvalue weighted by atomic mass is 16.3. The first-order chi connectivity index (χ1) is 21.3. The van der Waals surface area contributed by atoms with Gasteiger partial charge in [0.25, 0.3) is 0 Å². The average molecular weight is 551 g/mol. The number of nitrogens with zero attached hydrogens (tertiary/aromatic N) is 2. The molecule has 3 heterocycles. The summed E-state index contributed by atoms with van der Waals surface area (Å²) in [6, 6.07) is 46.7. The van der Waals surface area contributed by atoms with Crippen molar-refractivity contribution in [2.24, 2.45) is 0 Å². The minimum Gasteiger partial charge on any atom is -0.456 e. The lowest BCUT2D eigenvalue weighted by atomic mass is 9.99. The van der Waals surface area contributed by atoms with Gasteiger partial charge in [-0.1, -0.05) is 91.0 Å². The summed E-state index contributed by atoms with van der Waals surface area (Å²) in [5.41, 5.74) is 7.71. The number of para-hydroxylation sites is 3. The van der Waals surface area contributed by atoms with Crippen LogP contribution in [0.25, 0.3) is 93.5 Å². The molecular weight excluding hydrogens is 528 g/mol. The zero-order valence-electron chi connectivity index (χ0n) is 22.9. The molecule has 0 unspecified atom stereocenters. The highest BCUT2D eigenvalue weighted by Gasteiger charge is 2.20. The van der Waals surface area contributed by atoms with Crippen molar-refractivity contribution < 1.29 is 8.83 Å². The number of hydrogen-bond donors (Lipinski definition) is 0. The van der Waals surface area contributed by atoms with Crippen molar-refractivity contribution in [2.45, 2.75) is 0 Å². The first kappa shape index (κ1) is 22.8. The maximum Gasteiger partial charge on any atom is 0.228 e. The Balaban J connectivity index is 1.29. The van der Waals surface area contributed by atoms with E-state index < -0.39 is 0 Å². The van der Waals surface area contributed by atoms with Gasteiger partial charge in [0.1, 0.15) is 16.7 Å². The van der Waals surface area contributed by atoms with E-state index in [-0.39, 0.29) is 0 Å². The third kappa shape index (κ3) is 3.12. The number of oxazole rings is 1. The summed E-state index contributed by atoms with van der Waals surface area (Å²) in [5.74, 6) is 0.595. The summed E-state index contributed by atoms with van der Waals surface area (Å²) in [4.78, 5) is 4.81. The summed E-state index contributed by atoms with van der Waals surface area (Å²) in [6.07, 6.45) is 0.